The van der Waals surface area contributed by atoms with Crippen molar-refractivity contribution in [2.24, 2.45) is 11.8 Å². The summed E-state index contributed by atoms with van der Waals surface area (Å²) in [4.78, 5) is 74.4. The van der Waals surface area contributed by atoms with Crippen LogP contribution in [0.15, 0.2) is 127 Å². The topological polar surface area (TPSA) is 175 Å². The van der Waals surface area contributed by atoms with Crippen LogP contribution >= 0.6 is 0 Å². The average molecular weight is 979 g/mol. The molecule has 4 N–H and O–H groups in total. The molecular weight excluding hydrogens is 917 g/mol. The molecule has 6 aromatic rings. The lowest BCUT2D eigenvalue weighted by Gasteiger charge is -2.31. The third-order valence-corrected chi connectivity index (χ3v) is 15.8. The molecule has 374 valence electrons. The van der Waals surface area contributed by atoms with E-state index in [2.05, 4.69) is 94.3 Å². The highest BCUT2D eigenvalue weighted by molar-refractivity contribution is 5.89. The Morgan fingerprint density at radius 2 is 1.40 bits per heavy atom. The molecule has 4 amide bonds. The molecule has 0 spiro atoms. The number of nitrogens with zero attached hydrogens (tertiary/aromatic N) is 4. The molecule has 14 nitrogen and oxygen atoms in total. The number of methoxy groups -OCH3 is 2. The third-order valence-electron chi connectivity index (χ3n) is 15.8. The fourth-order valence-corrected chi connectivity index (χ4v) is 11.9. The van der Waals surface area contributed by atoms with Gasteiger partial charge in [-0.15, -0.1) is 0 Å². The first-order chi connectivity index (χ1) is 35.6. The van der Waals surface area contributed by atoms with Crippen molar-refractivity contribution in [1.82, 2.24) is 40.4 Å². The number of aromatic amines is 2. The molecule has 2 aliphatic heterocycles. The minimum absolute atomic E-state index is 0.126. The lowest BCUT2D eigenvalue weighted by Crippen LogP contribution is -2.52. The van der Waals surface area contributed by atoms with Gasteiger partial charge in [0.15, 0.2) is 0 Å². The number of hydrogen-bond donors (Lipinski definition) is 4. The molecular formula is C59H62N8O6. The lowest BCUT2D eigenvalue weighted by atomic mass is 9.76. The van der Waals surface area contributed by atoms with Gasteiger partial charge >= 0.3 is 12.2 Å². The number of allylic oxidation sites excluding steroid dienone is 7. The van der Waals surface area contributed by atoms with Gasteiger partial charge in [0, 0.05) is 19.0 Å². The normalized spacial score (nSPS) is 22.4. The number of nitrogens with one attached hydrogen (secondary N) is 4. The molecule has 0 radical (unpaired) electrons. The van der Waals surface area contributed by atoms with Crippen molar-refractivity contribution >= 4 is 51.6 Å². The van der Waals surface area contributed by atoms with Gasteiger partial charge in [-0.25, -0.2) is 19.6 Å². The molecule has 14 heteroatoms. The predicted octanol–water partition coefficient (Wildman–Crippen LogP) is 10.9. The van der Waals surface area contributed by atoms with E-state index in [1.165, 1.54) is 47.6 Å². The van der Waals surface area contributed by atoms with Crippen molar-refractivity contribution in [3.05, 3.63) is 161 Å². The molecule has 6 aliphatic carbocycles. The van der Waals surface area contributed by atoms with E-state index in [0.29, 0.717) is 31.0 Å². The van der Waals surface area contributed by atoms with Gasteiger partial charge in [-0.1, -0.05) is 110 Å². The first-order valence-corrected chi connectivity index (χ1v) is 25.8. The minimum Gasteiger partial charge on any atom is -0.453 e. The molecule has 73 heavy (non-hydrogen) atoms. The van der Waals surface area contributed by atoms with Crippen LogP contribution < -0.4 is 10.6 Å². The Labute approximate surface area is 425 Å². The monoisotopic (exact) mass is 978 g/mol. The maximum absolute atomic E-state index is 14.3. The summed E-state index contributed by atoms with van der Waals surface area (Å²) in [6.45, 7) is 3.49. The molecule has 7 atom stereocenters. The number of carbonyl (C=O) groups is 4. The van der Waals surface area contributed by atoms with E-state index in [4.69, 9.17) is 19.4 Å². The van der Waals surface area contributed by atoms with Crippen LogP contribution in [0, 0.1) is 11.8 Å². The second kappa shape index (κ2) is 20.4. The number of imidazole rings is 2. The zero-order valence-electron chi connectivity index (χ0n) is 41.6. The van der Waals surface area contributed by atoms with Crippen molar-refractivity contribution in [3.63, 3.8) is 0 Å². The van der Waals surface area contributed by atoms with Crippen LogP contribution in [0.4, 0.5) is 9.59 Å². The first kappa shape index (κ1) is 47.6. The lowest BCUT2D eigenvalue weighted by molar-refractivity contribution is -0.135. The summed E-state index contributed by atoms with van der Waals surface area (Å²) in [5.41, 5.74) is 13.1. The van der Waals surface area contributed by atoms with Crippen LogP contribution in [0.2, 0.25) is 0 Å². The molecule has 14 rings (SSSR count). The van der Waals surface area contributed by atoms with Crippen LogP contribution in [0.5, 0.6) is 0 Å². The highest BCUT2D eigenvalue weighted by Crippen LogP contribution is 2.43. The molecule has 4 aromatic carbocycles. The second-order valence-corrected chi connectivity index (χ2v) is 20.3. The molecule has 0 saturated carbocycles. The van der Waals surface area contributed by atoms with Crippen molar-refractivity contribution in [3.8, 4) is 11.1 Å². The van der Waals surface area contributed by atoms with E-state index in [9.17, 15) is 19.2 Å². The number of benzene rings is 4. The van der Waals surface area contributed by atoms with Crippen LogP contribution in [0.25, 0.3) is 38.8 Å². The zero-order valence-corrected chi connectivity index (χ0v) is 41.6. The summed E-state index contributed by atoms with van der Waals surface area (Å²) in [7, 11) is 2.62. The number of amides is 4. The number of rotatable bonds is 10. The van der Waals surface area contributed by atoms with Crippen molar-refractivity contribution in [1.29, 1.82) is 0 Å². The van der Waals surface area contributed by atoms with Gasteiger partial charge in [-0.05, 0) is 133 Å². The number of likely N-dealkylation sites (tertiary alicyclic amines) is 2. The third kappa shape index (κ3) is 9.58. The van der Waals surface area contributed by atoms with Crippen LogP contribution in [0.1, 0.15) is 116 Å². The van der Waals surface area contributed by atoms with Gasteiger partial charge in [0.05, 0.1) is 48.4 Å². The molecule has 2 fully saturated rings. The summed E-state index contributed by atoms with van der Waals surface area (Å²) in [6.07, 6.45) is 19.1. The molecule has 4 heterocycles. The Hall–Kier alpha value is -7.74. The predicted molar refractivity (Wildman–Crippen MR) is 281 cm³/mol. The van der Waals surface area contributed by atoms with Gasteiger partial charge in [0.2, 0.25) is 5.91 Å². The van der Waals surface area contributed by atoms with Gasteiger partial charge in [0.25, 0.3) is 5.91 Å². The Bertz CT molecular complexity index is 3220. The Morgan fingerprint density at radius 3 is 2.08 bits per heavy atom. The molecule has 4 bridgehead atoms. The number of H-pyrrole nitrogens is 2. The number of aromatic nitrogens is 4. The fourth-order valence-electron chi connectivity index (χ4n) is 11.9. The average Bonchev–Trinajstić information content (AvgIpc) is 4.27. The maximum atomic E-state index is 14.3. The summed E-state index contributed by atoms with van der Waals surface area (Å²) >= 11 is 0. The molecule has 2 aromatic heterocycles. The molecule has 1 unspecified atom stereocenters. The zero-order chi connectivity index (χ0) is 50.2. The largest absolute Gasteiger partial charge is 0.453 e. The standard InChI is InChI=1S/C59H62N8O6/c1-35-30-41-21-19-36(31-44(41)42-24-26-46-48(33-42)62-54(60-46)50-16-10-28-66(50)56(68)52(64-58(70)72-2)38-12-6-4-7-13-38)18-20-37-22-23-40(35)32-45(37)43-25-27-47-49(34-43)63-55(61-47)51-17-11-29-67(51)57(69)53(65-59(71)73-3)39-14-8-5-9-15-39/h4-9,12,14-15,19,22-27,31-35,38,41,50-53H,10-11,13,16-18,20-21,28-30H2,1-3H3,(H,60,62)(H,61,63)(H,64,70)(H,65,71)/t35-,38?,41-,50+,51+,52+,53+/m1/s1. The van der Waals surface area contributed by atoms with Crippen LogP contribution in [0.3, 0.4) is 0 Å². The van der Waals surface area contributed by atoms with E-state index in [0.717, 1.165) is 90.6 Å². The van der Waals surface area contributed by atoms with Gasteiger partial charge in [0.1, 0.15) is 23.7 Å². The SMILES string of the molecule is COC(=O)N[C@H](C(=O)N1CCC[C@H]1c1nc2ccc(-c3cc4ccc3CCC3=CC[C@H](C[C@H]4C)C(c4ccc5nc([C@@H]6CCCN6C(=O)[C@@H](NC(=O)OC)C6C=CC=CC6)[nH]c5c4)=C3)cc2[nH]1)c1ccccc1. The summed E-state index contributed by atoms with van der Waals surface area (Å²) in [5, 5.41) is 5.60. The number of aryl methyl sites for hydroxylation is 1. The number of carbonyl (C=O) groups excluding carboxylic acids is 4. The van der Waals surface area contributed by atoms with Crippen molar-refractivity contribution < 1.29 is 28.7 Å². The van der Waals surface area contributed by atoms with Gasteiger partial charge < -0.3 is 39.9 Å². The van der Waals surface area contributed by atoms with E-state index < -0.39 is 24.3 Å². The first-order valence-electron chi connectivity index (χ1n) is 25.8. The number of ether oxygens (including phenoxy) is 2. The second-order valence-electron chi connectivity index (χ2n) is 20.3. The van der Waals surface area contributed by atoms with Crippen LogP contribution in [-0.2, 0) is 25.5 Å². The number of hydrogen-bond acceptors (Lipinski definition) is 8. The highest BCUT2D eigenvalue weighted by Gasteiger charge is 2.40. The van der Waals surface area contributed by atoms with Gasteiger partial charge in [-0.2, -0.15) is 0 Å². The Balaban J connectivity index is 0.824. The highest BCUT2D eigenvalue weighted by atomic mass is 16.5. The molecule has 2 saturated heterocycles. The number of fused-ring (bicyclic) bond motifs is 2. The summed E-state index contributed by atoms with van der Waals surface area (Å²) < 4.78 is 9.83. The fraction of sp³-hybridized carbons (Fsp3) is 0.356. The number of alkyl carbamates (subject to hydrolysis) is 2. The van der Waals surface area contributed by atoms with E-state index in [1.807, 2.05) is 64.4 Å². The maximum Gasteiger partial charge on any atom is 0.407 e. The Kier molecular flexibility index (Phi) is 13.3. The minimum atomic E-state index is -0.886. The quantitative estimate of drug-likeness (QED) is 0.105. The van der Waals surface area contributed by atoms with E-state index in [1.54, 1.807) is 0 Å². The Morgan fingerprint density at radius 1 is 0.726 bits per heavy atom. The van der Waals surface area contributed by atoms with Crippen molar-refractivity contribution in [2.45, 2.75) is 94.8 Å². The van der Waals surface area contributed by atoms with Gasteiger partial charge in [-0.3, -0.25) is 9.59 Å². The summed E-state index contributed by atoms with van der Waals surface area (Å²) in [5.74, 6) is 1.60. The van der Waals surface area contributed by atoms with E-state index >= 15 is 0 Å². The summed E-state index contributed by atoms with van der Waals surface area (Å²) in [6, 6.07) is 27.2. The van der Waals surface area contributed by atoms with Crippen LogP contribution in [-0.4, -0.2) is 87.1 Å². The smallest absolute Gasteiger partial charge is 0.407 e. The van der Waals surface area contributed by atoms with E-state index in [-0.39, 0.29) is 35.7 Å². The van der Waals surface area contributed by atoms with Crippen molar-refractivity contribution in [2.75, 3.05) is 27.3 Å². The molecule has 8 aliphatic rings.